The monoisotopic (exact) mass is 898 g/mol. The number of para-hydroxylation sites is 4. The van der Waals surface area contributed by atoms with Crippen molar-refractivity contribution in [2.24, 2.45) is 0 Å². The molecule has 3 heterocycles. The molecule has 0 amide bonds. The summed E-state index contributed by atoms with van der Waals surface area (Å²) in [5.41, 5.74) is 12.2. The van der Waals surface area contributed by atoms with Crippen LogP contribution in [0.4, 0.5) is 0 Å². The van der Waals surface area contributed by atoms with Gasteiger partial charge in [0.2, 0.25) is 0 Å². The number of fused-ring (bicyclic) bond motifs is 9. The first-order chi connectivity index (χ1) is 33.8. The summed E-state index contributed by atoms with van der Waals surface area (Å²) in [5, 5.41) is 13.1. The molecular formula is C64H42N2SSi. The largest absolute Gasteiger partial charge is 0.309 e. The predicted octanol–water partition coefficient (Wildman–Crippen LogP) is 14.2. The Bertz CT molecular complexity index is 4040. The number of hydrogen-bond acceptors (Lipinski definition) is 1. The summed E-state index contributed by atoms with van der Waals surface area (Å²) in [4.78, 5) is 2.65. The molecule has 1 aliphatic heterocycles. The molecular weight excluding hydrogens is 857 g/mol. The smallest absolute Gasteiger partial charge is 0.182 e. The Morgan fingerprint density at radius 3 is 1.49 bits per heavy atom. The standard InChI is InChI=1S/C64H42N2SSi/c1-2-20-43(21-3-1)46-24-10-16-37-61(46)68(45-23-18-22-44(42-45)65-55-32-11-6-27-50(55)51-28-7-12-33-56(51)65)62-38-17-15-36-60(62)67-64-54(31-19-39-63(64)68)48-40-41-59(49-26-5-4-25-47(48)49)66-57-34-13-8-29-52(57)53-30-9-14-35-58(53)66/h1-42H. The topological polar surface area (TPSA) is 9.86 Å². The van der Waals surface area contributed by atoms with Crippen LogP contribution in [0.25, 0.3) is 88.0 Å². The summed E-state index contributed by atoms with van der Waals surface area (Å²) >= 11 is 1.94. The molecule has 1 aliphatic rings. The van der Waals surface area contributed by atoms with Crippen molar-refractivity contribution in [1.82, 2.24) is 9.13 Å². The van der Waals surface area contributed by atoms with Gasteiger partial charge in [-0.25, -0.2) is 0 Å². The zero-order valence-corrected chi connectivity index (χ0v) is 38.9. The van der Waals surface area contributed by atoms with Crippen LogP contribution in [0, 0.1) is 0 Å². The van der Waals surface area contributed by atoms with Crippen molar-refractivity contribution in [2.45, 2.75) is 9.79 Å². The summed E-state index contributed by atoms with van der Waals surface area (Å²) < 4.78 is 4.94. The van der Waals surface area contributed by atoms with E-state index in [1.165, 1.54) is 119 Å². The normalized spacial score (nSPS) is 14.5. The third-order valence-electron chi connectivity index (χ3n) is 14.5. The van der Waals surface area contributed by atoms with E-state index in [-0.39, 0.29) is 0 Å². The first-order valence-corrected chi connectivity index (χ1v) is 26.2. The average Bonchev–Trinajstić information content (AvgIpc) is 3.93. The van der Waals surface area contributed by atoms with E-state index < -0.39 is 8.07 Å². The van der Waals surface area contributed by atoms with Crippen molar-refractivity contribution in [3.8, 4) is 33.6 Å². The molecule has 2 nitrogen and oxygen atoms in total. The van der Waals surface area contributed by atoms with E-state index in [0.29, 0.717) is 0 Å². The van der Waals surface area contributed by atoms with Crippen molar-refractivity contribution >= 4 is 95.0 Å². The molecule has 2 aromatic heterocycles. The molecule has 1 atom stereocenters. The maximum Gasteiger partial charge on any atom is 0.182 e. The van der Waals surface area contributed by atoms with Gasteiger partial charge in [0.05, 0.1) is 27.8 Å². The van der Waals surface area contributed by atoms with Crippen LogP contribution in [-0.4, -0.2) is 17.2 Å². The third-order valence-corrected chi connectivity index (χ3v) is 20.9. The van der Waals surface area contributed by atoms with Crippen LogP contribution < -0.4 is 20.7 Å². The predicted molar refractivity (Wildman–Crippen MR) is 291 cm³/mol. The summed E-state index contributed by atoms with van der Waals surface area (Å²) in [6, 6.07) is 95.5. The highest BCUT2D eigenvalue weighted by Gasteiger charge is 2.49. The fourth-order valence-electron chi connectivity index (χ4n) is 11.7. The van der Waals surface area contributed by atoms with E-state index in [1.54, 1.807) is 0 Å². The van der Waals surface area contributed by atoms with E-state index in [1.807, 2.05) is 11.8 Å². The van der Waals surface area contributed by atoms with Crippen LogP contribution in [0.2, 0.25) is 0 Å². The van der Waals surface area contributed by atoms with Crippen LogP contribution in [0.5, 0.6) is 0 Å². The molecule has 0 saturated carbocycles. The number of benzene rings is 11. The zero-order valence-electron chi connectivity index (χ0n) is 37.1. The molecule has 4 heteroatoms. The molecule has 11 aromatic carbocycles. The highest BCUT2D eigenvalue weighted by atomic mass is 32.2. The van der Waals surface area contributed by atoms with Gasteiger partial charge in [0.15, 0.2) is 8.07 Å². The zero-order chi connectivity index (χ0) is 44.8. The molecule has 0 radical (unpaired) electrons. The van der Waals surface area contributed by atoms with Crippen molar-refractivity contribution in [3.05, 3.63) is 255 Å². The fourth-order valence-corrected chi connectivity index (χ4v) is 19.0. The van der Waals surface area contributed by atoms with Gasteiger partial charge in [-0.15, -0.1) is 0 Å². The molecule has 0 saturated heterocycles. The van der Waals surface area contributed by atoms with Crippen molar-refractivity contribution < 1.29 is 0 Å². The molecule has 68 heavy (non-hydrogen) atoms. The maximum absolute atomic E-state index is 3.17. The second-order valence-corrected chi connectivity index (χ2v) is 22.7. The SMILES string of the molecule is c1ccc(-c2ccccc2[Si]2(c3cccc(-n4c5ccccc5c5ccccc54)c3)c3ccccc3Sc3c(-c4ccc(-n5c6ccccc6c6ccccc65)c5ccccc45)cccc32)cc1. The van der Waals surface area contributed by atoms with Crippen LogP contribution in [0.1, 0.15) is 0 Å². The van der Waals surface area contributed by atoms with Gasteiger partial charge in [-0.1, -0.05) is 218 Å². The Balaban J connectivity index is 1.07. The van der Waals surface area contributed by atoms with Gasteiger partial charge in [-0.05, 0) is 96.9 Å². The van der Waals surface area contributed by atoms with Crippen LogP contribution >= 0.6 is 11.8 Å². The summed E-state index contributed by atoms with van der Waals surface area (Å²) in [6.07, 6.45) is 0. The molecule has 0 N–H and O–H groups in total. The minimum Gasteiger partial charge on any atom is -0.309 e. The van der Waals surface area contributed by atoms with Gasteiger partial charge in [0.25, 0.3) is 0 Å². The molecule has 0 aliphatic carbocycles. The molecule has 318 valence electrons. The maximum atomic E-state index is 2.53. The average molecular weight is 899 g/mol. The van der Waals surface area contributed by atoms with Crippen molar-refractivity contribution in [2.75, 3.05) is 0 Å². The van der Waals surface area contributed by atoms with Crippen LogP contribution in [-0.2, 0) is 0 Å². The van der Waals surface area contributed by atoms with Crippen LogP contribution in [0.3, 0.4) is 0 Å². The first kappa shape index (κ1) is 39.1. The number of rotatable bonds is 6. The number of hydrogen-bond donors (Lipinski definition) is 0. The second-order valence-electron chi connectivity index (χ2n) is 17.9. The Morgan fingerprint density at radius 2 is 0.809 bits per heavy atom. The molecule has 13 aromatic rings. The lowest BCUT2D eigenvalue weighted by molar-refractivity contribution is 1.18. The fraction of sp³-hybridized carbons (Fsp3) is 0. The number of aromatic nitrogens is 2. The lowest BCUT2D eigenvalue weighted by atomic mass is 9.97. The molecule has 0 fully saturated rings. The van der Waals surface area contributed by atoms with E-state index >= 15 is 0 Å². The highest BCUT2D eigenvalue weighted by Crippen LogP contribution is 2.44. The van der Waals surface area contributed by atoms with Gasteiger partial charge in [-0.3, -0.25) is 0 Å². The van der Waals surface area contributed by atoms with Gasteiger partial charge in [0, 0.05) is 42.4 Å². The Morgan fingerprint density at radius 1 is 0.309 bits per heavy atom. The van der Waals surface area contributed by atoms with Gasteiger partial charge in [0.1, 0.15) is 0 Å². The summed E-state index contributed by atoms with van der Waals surface area (Å²) in [6.45, 7) is 0. The minimum absolute atomic E-state index is 1.17. The van der Waals surface area contributed by atoms with Crippen LogP contribution in [0.15, 0.2) is 265 Å². The van der Waals surface area contributed by atoms with E-state index in [4.69, 9.17) is 0 Å². The summed E-state index contributed by atoms with van der Waals surface area (Å²) in [5.74, 6) is 0. The van der Waals surface area contributed by atoms with Gasteiger partial charge < -0.3 is 9.13 Å². The van der Waals surface area contributed by atoms with Gasteiger partial charge >= 0.3 is 0 Å². The Labute approximate surface area is 400 Å². The van der Waals surface area contributed by atoms with E-state index in [2.05, 4.69) is 264 Å². The Hall–Kier alpha value is -8.15. The van der Waals surface area contributed by atoms with Gasteiger partial charge in [-0.2, -0.15) is 0 Å². The molecule has 0 spiro atoms. The lowest BCUT2D eigenvalue weighted by Gasteiger charge is -2.41. The van der Waals surface area contributed by atoms with E-state index in [9.17, 15) is 0 Å². The van der Waals surface area contributed by atoms with E-state index in [0.717, 1.165) is 0 Å². The highest BCUT2D eigenvalue weighted by molar-refractivity contribution is 8.00. The molecule has 1 unspecified atom stereocenters. The molecule has 14 rings (SSSR count). The quantitative estimate of drug-likeness (QED) is 0.151. The third kappa shape index (κ3) is 5.65. The molecule has 0 bridgehead atoms. The summed E-state index contributed by atoms with van der Waals surface area (Å²) in [7, 11) is -3.17. The number of nitrogens with zero attached hydrogens (tertiary/aromatic N) is 2. The van der Waals surface area contributed by atoms with Crippen molar-refractivity contribution in [3.63, 3.8) is 0 Å². The Kier molecular flexibility index (Phi) is 8.88. The van der Waals surface area contributed by atoms with Crippen molar-refractivity contribution in [1.29, 1.82) is 0 Å². The minimum atomic E-state index is -3.17. The first-order valence-electron chi connectivity index (χ1n) is 23.4. The lowest BCUT2D eigenvalue weighted by Crippen LogP contribution is -2.77. The second kappa shape index (κ2) is 15.5.